The van der Waals surface area contributed by atoms with Gasteiger partial charge in [-0.05, 0) is 18.1 Å². The van der Waals surface area contributed by atoms with E-state index in [2.05, 4.69) is 39.8 Å². The maximum atomic E-state index is 6.12. The highest BCUT2D eigenvalue weighted by atomic mass is 28.4. The molecule has 0 saturated carbocycles. The van der Waals surface area contributed by atoms with Gasteiger partial charge in [-0.1, -0.05) is 26.7 Å². The first-order chi connectivity index (χ1) is 7.78. The zero-order valence-electron chi connectivity index (χ0n) is 11.6. The highest BCUT2D eigenvalue weighted by Gasteiger charge is 2.40. The highest BCUT2D eigenvalue weighted by molar-refractivity contribution is 6.74. The van der Waals surface area contributed by atoms with Gasteiger partial charge in [0.25, 0.3) is 0 Å². The van der Waals surface area contributed by atoms with Gasteiger partial charge < -0.3 is 13.9 Å². The number of hydrogen-bond donors (Lipinski definition) is 0. The molecule has 2 atom stereocenters. The van der Waals surface area contributed by atoms with E-state index in [0.717, 1.165) is 6.61 Å². The monoisotopic (exact) mass is 256 g/mol. The molecule has 1 aliphatic heterocycles. The van der Waals surface area contributed by atoms with Crippen LogP contribution in [-0.2, 0) is 13.9 Å². The van der Waals surface area contributed by atoms with Gasteiger partial charge in [0.2, 0.25) is 0 Å². The Hall–Kier alpha value is -0.343. The molecule has 1 aliphatic rings. The van der Waals surface area contributed by atoms with Gasteiger partial charge in [-0.25, -0.2) is 0 Å². The second-order valence-electron chi connectivity index (χ2n) is 6.00. The molecule has 0 N–H and O–H groups in total. The van der Waals surface area contributed by atoms with E-state index in [0.29, 0.717) is 13.2 Å². The Labute approximate surface area is 106 Å². The molecule has 4 heteroatoms. The molecule has 1 saturated heterocycles. The molecule has 98 valence electrons. The van der Waals surface area contributed by atoms with Gasteiger partial charge in [-0.2, -0.15) is 0 Å². The minimum Gasteiger partial charge on any atom is -0.414 e. The van der Waals surface area contributed by atoms with Crippen LogP contribution < -0.4 is 0 Å². The number of rotatable bonds is 6. The molecule has 0 unspecified atom stereocenters. The Morgan fingerprint density at radius 3 is 2.47 bits per heavy atom. The molecule has 0 aromatic carbocycles. The normalized spacial score (nSPS) is 22.0. The second-order valence-corrected chi connectivity index (χ2v) is 10.8. The average Bonchev–Trinajstić information content (AvgIpc) is 3.00. The molecular formula is C13H24O3Si. The van der Waals surface area contributed by atoms with Crippen LogP contribution in [0.2, 0.25) is 18.1 Å². The highest BCUT2D eigenvalue weighted by Crippen LogP contribution is 2.37. The Morgan fingerprint density at radius 1 is 1.47 bits per heavy atom. The number of epoxide rings is 1. The fourth-order valence-corrected chi connectivity index (χ4v) is 2.21. The van der Waals surface area contributed by atoms with E-state index >= 15 is 0 Å². The summed E-state index contributed by atoms with van der Waals surface area (Å²) in [6, 6.07) is 0. The number of ether oxygens (including phenoxy) is 2. The molecule has 0 radical (unpaired) electrons. The van der Waals surface area contributed by atoms with Crippen molar-refractivity contribution >= 4 is 8.32 Å². The average molecular weight is 256 g/mol. The summed E-state index contributed by atoms with van der Waals surface area (Å²) in [7, 11) is -1.71. The van der Waals surface area contributed by atoms with Crippen molar-refractivity contribution < 1.29 is 13.9 Å². The van der Waals surface area contributed by atoms with Crippen molar-refractivity contribution in [1.29, 1.82) is 0 Å². The zero-order valence-corrected chi connectivity index (χ0v) is 12.6. The summed E-state index contributed by atoms with van der Waals surface area (Å²) in [4.78, 5) is 0. The molecule has 0 amide bonds. The predicted octanol–water partition coefficient (Wildman–Crippen LogP) is 2.43. The van der Waals surface area contributed by atoms with Crippen LogP contribution in [0.5, 0.6) is 0 Å². The Bertz CT molecular complexity index is 284. The fraction of sp³-hybridized carbons (Fsp3) is 0.846. The van der Waals surface area contributed by atoms with Gasteiger partial charge in [-0.15, -0.1) is 6.42 Å². The van der Waals surface area contributed by atoms with E-state index in [1.54, 1.807) is 0 Å². The van der Waals surface area contributed by atoms with Gasteiger partial charge in [0, 0.05) is 0 Å². The largest absolute Gasteiger partial charge is 0.414 e. The smallest absolute Gasteiger partial charge is 0.192 e. The standard InChI is InChI=1S/C13H24O3Si/c1-7-8-14-12(11-9-15-11)10-16-17(5,6)13(2,3)4/h1,11-12H,8-10H2,2-6H3/t11-,12+/m1/s1. The van der Waals surface area contributed by atoms with Crippen molar-refractivity contribution in [2.45, 2.75) is 51.1 Å². The molecule has 17 heavy (non-hydrogen) atoms. The van der Waals surface area contributed by atoms with Gasteiger partial charge >= 0.3 is 0 Å². The predicted molar refractivity (Wildman–Crippen MR) is 71.5 cm³/mol. The summed E-state index contributed by atoms with van der Waals surface area (Å²) in [5, 5.41) is 0.216. The Balaban J connectivity index is 2.43. The van der Waals surface area contributed by atoms with E-state index in [1.165, 1.54) is 0 Å². The quantitative estimate of drug-likeness (QED) is 0.415. The van der Waals surface area contributed by atoms with Crippen molar-refractivity contribution in [2.24, 2.45) is 0 Å². The molecule has 1 heterocycles. The molecular weight excluding hydrogens is 232 g/mol. The first kappa shape index (κ1) is 14.7. The number of hydrogen-bond acceptors (Lipinski definition) is 3. The van der Waals surface area contributed by atoms with E-state index < -0.39 is 8.32 Å². The lowest BCUT2D eigenvalue weighted by Crippen LogP contribution is -2.43. The minimum absolute atomic E-state index is 0.0137. The molecule has 0 aromatic heterocycles. The lowest BCUT2D eigenvalue weighted by Gasteiger charge is -2.37. The van der Waals surface area contributed by atoms with Crippen LogP contribution in [-0.4, -0.2) is 40.3 Å². The van der Waals surface area contributed by atoms with E-state index in [4.69, 9.17) is 20.3 Å². The van der Waals surface area contributed by atoms with Crippen LogP contribution in [0.1, 0.15) is 20.8 Å². The summed E-state index contributed by atoms with van der Waals surface area (Å²) < 4.78 is 16.9. The summed E-state index contributed by atoms with van der Waals surface area (Å²) in [6.45, 7) is 12.8. The van der Waals surface area contributed by atoms with Crippen LogP contribution in [0.3, 0.4) is 0 Å². The van der Waals surface area contributed by atoms with E-state index in [1.807, 2.05) is 0 Å². The first-order valence-electron chi connectivity index (χ1n) is 6.08. The lowest BCUT2D eigenvalue weighted by atomic mass is 10.2. The summed E-state index contributed by atoms with van der Waals surface area (Å²) in [5.74, 6) is 2.49. The fourth-order valence-electron chi connectivity index (χ4n) is 1.20. The lowest BCUT2D eigenvalue weighted by molar-refractivity contribution is 0.0166. The molecule has 3 nitrogen and oxygen atoms in total. The molecule has 0 aromatic rings. The van der Waals surface area contributed by atoms with E-state index in [-0.39, 0.29) is 17.2 Å². The third-order valence-electron chi connectivity index (χ3n) is 3.57. The maximum Gasteiger partial charge on any atom is 0.192 e. The Morgan fingerprint density at radius 2 is 2.06 bits per heavy atom. The Kier molecular flexibility index (Phi) is 4.79. The first-order valence-corrected chi connectivity index (χ1v) is 8.99. The van der Waals surface area contributed by atoms with Crippen molar-refractivity contribution in [2.75, 3.05) is 19.8 Å². The molecule has 1 rings (SSSR count). The number of terminal acetylenes is 1. The van der Waals surface area contributed by atoms with Gasteiger partial charge in [-0.3, -0.25) is 0 Å². The molecule has 0 bridgehead atoms. The van der Waals surface area contributed by atoms with Crippen molar-refractivity contribution in [1.82, 2.24) is 0 Å². The molecule has 1 fully saturated rings. The zero-order chi connectivity index (χ0) is 13.1. The van der Waals surface area contributed by atoms with Crippen molar-refractivity contribution in [3.8, 4) is 12.3 Å². The van der Waals surface area contributed by atoms with Crippen LogP contribution in [0, 0.1) is 12.3 Å². The van der Waals surface area contributed by atoms with Gasteiger partial charge in [0.15, 0.2) is 8.32 Å². The van der Waals surface area contributed by atoms with Crippen molar-refractivity contribution in [3.63, 3.8) is 0 Å². The summed E-state index contributed by atoms with van der Waals surface area (Å²) in [6.07, 6.45) is 5.36. The van der Waals surface area contributed by atoms with Crippen LogP contribution >= 0.6 is 0 Å². The third kappa shape index (κ3) is 4.44. The van der Waals surface area contributed by atoms with Crippen LogP contribution in [0.25, 0.3) is 0 Å². The molecule has 0 aliphatic carbocycles. The topological polar surface area (TPSA) is 31.0 Å². The third-order valence-corrected chi connectivity index (χ3v) is 8.07. The SMILES string of the molecule is C#CCO[C@@H](CO[Si](C)(C)C(C)(C)C)[C@H]1CO1. The summed E-state index contributed by atoms with van der Waals surface area (Å²) in [5.41, 5.74) is 0. The van der Waals surface area contributed by atoms with Gasteiger partial charge in [0.05, 0.1) is 13.2 Å². The van der Waals surface area contributed by atoms with Crippen LogP contribution in [0.4, 0.5) is 0 Å². The van der Waals surface area contributed by atoms with Crippen LogP contribution in [0.15, 0.2) is 0 Å². The summed E-state index contributed by atoms with van der Waals surface area (Å²) >= 11 is 0. The second kappa shape index (κ2) is 5.53. The van der Waals surface area contributed by atoms with Crippen molar-refractivity contribution in [3.05, 3.63) is 0 Å². The van der Waals surface area contributed by atoms with E-state index in [9.17, 15) is 0 Å². The van der Waals surface area contributed by atoms with Gasteiger partial charge in [0.1, 0.15) is 18.8 Å². The minimum atomic E-state index is -1.71. The molecule has 0 spiro atoms. The maximum absolute atomic E-state index is 6.12.